The Bertz CT molecular complexity index is 426. The number of hydrogen-bond donors (Lipinski definition) is 0. The Kier molecular flexibility index (Phi) is 6.06. The van der Waals surface area contributed by atoms with Crippen LogP contribution in [0.4, 0.5) is 0 Å². The lowest BCUT2D eigenvalue weighted by atomic mass is 9.95. The topological polar surface area (TPSA) is 43.9 Å². The van der Waals surface area contributed by atoms with Crippen molar-refractivity contribution in [1.82, 2.24) is 14.7 Å². The summed E-state index contributed by atoms with van der Waals surface area (Å²) in [7, 11) is 3.92. The number of likely N-dealkylation sites (N-methyl/N-ethyl adjacent to an activating group) is 1. The van der Waals surface area contributed by atoms with Crippen molar-refractivity contribution in [3.63, 3.8) is 0 Å². The van der Waals surface area contributed by atoms with Crippen molar-refractivity contribution in [2.45, 2.75) is 58.5 Å². The van der Waals surface area contributed by atoms with Crippen LogP contribution in [0.5, 0.6) is 0 Å². The molecule has 0 radical (unpaired) electrons. The molecule has 2 amide bonds. The third kappa shape index (κ3) is 4.69. The van der Waals surface area contributed by atoms with E-state index in [9.17, 15) is 9.59 Å². The Morgan fingerprint density at radius 1 is 1.04 bits per heavy atom. The zero-order valence-electron chi connectivity index (χ0n) is 15.4. The van der Waals surface area contributed by atoms with Crippen LogP contribution >= 0.6 is 0 Å². The van der Waals surface area contributed by atoms with Crippen LogP contribution in [0.1, 0.15) is 46.5 Å². The van der Waals surface area contributed by atoms with Crippen molar-refractivity contribution in [2.24, 2.45) is 11.8 Å². The molecule has 1 atom stereocenters. The summed E-state index contributed by atoms with van der Waals surface area (Å²) in [5.74, 6) is 1.30. The van der Waals surface area contributed by atoms with E-state index in [0.717, 1.165) is 18.8 Å². The van der Waals surface area contributed by atoms with Crippen LogP contribution < -0.4 is 0 Å². The average molecular weight is 323 g/mol. The molecule has 0 aromatic carbocycles. The fourth-order valence-corrected chi connectivity index (χ4v) is 3.31. The Labute approximate surface area is 141 Å². The van der Waals surface area contributed by atoms with Crippen molar-refractivity contribution in [3.8, 4) is 0 Å². The van der Waals surface area contributed by atoms with Crippen molar-refractivity contribution in [2.75, 3.05) is 33.7 Å². The molecule has 132 valence electrons. The van der Waals surface area contributed by atoms with Gasteiger partial charge >= 0.3 is 0 Å². The summed E-state index contributed by atoms with van der Waals surface area (Å²) < 4.78 is 0. The molecule has 0 bridgehead atoms. The summed E-state index contributed by atoms with van der Waals surface area (Å²) in [4.78, 5) is 30.8. The van der Waals surface area contributed by atoms with E-state index in [1.165, 1.54) is 12.8 Å². The van der Waals surface area contributed by atoms with E-state index in [-0.39, 0.29) is 23.8 Å². The lowest BCUT2D eigenvalue weighted by Gasteiger charge is -2.35. The molecule has 1 unspecified atom stereocenters. The van der Waals surface area contributed by atoms with E-state index in [1.54, 1.807) is 0 Å². The van der Waals surface area contributed by atoms with E-state index < -0.39 is 0 Å². The van der Waals surface area contributed by atoms with Crippen molar-refractivity contribution >= 4 is 11.8 Å². The average Bonchev–Trinajstić information content (AvgIpc) is 3.37. The molecule has 1 saturated heterocycles. The number of carbonyl (C=O) groups is 2. The number of rotatable bonds is 6. The maximum atomic E-state index is 12.5. The Morgan fingerprint density at radius 3 is 2.09 bits per heavy atom. The van der Waals surface area contributed by atoms with Gasteiger partial charge < -0.3 is 9.80 Å². The molecule has 1 saturated carbocycles. The van der Waals surface area contributed by atoms with E-state index in [0.29, 0.717) is 25.7 Å². The zero-order valence-corrected chi connectivity index (χ0v) is 15.4. The first-order valence-electron chi connectivity index (χ1n) is 9.06. The third-order valence-electron chi connectivity index (χ3n) is 5.70. The van der Waals surface area contributed by atoms with Crippen molar-refractivity contribution in [3.05, 3.63) is 0 Å². The quantitative estimate of drug-likeness (QED) is 0.749. The van der Waals surface area contributed by atoms with Crippen LogP contribution in [-0.2, 0) is 9.59 Å². The Hall–Kier alpha value is -1.10. The highest BCUT2D eigenvalue weighted by atomic mass is 16.2. The molecule has 1 aliphatic heterocycles. The van der Waals surface area contributed by atoms with E-state index in [4.69, 9.17) is 0 Å². The van der Waals surface area contributed by atoms with Gasteiger partial charge in [-0.25, -0.2) is 0 Å². The molecular weight excluding hydrogens is 290 g/mol. The summed E-state index contributed by atoms with van der Waals surface area (Å²) in [5.41, 5.74) is 0. The largest absolute Gasteiger partial charge is 0.343 e. The second kappa shape index (κ2) is 7.65. The molecule has 0 aromatic rings. The van der Waals surface area contributed by atoms with Gasteiger partial charge in [-0.3, -0.25) is 14.5 Å². The molecule has 0 spiro atoms. The molecule has 0 N–H and O–H groups in total. The minimum absolute atomic E-state index is 0.0783. The lowest BCUT2D eigenvalue weighted by Crippen LogP contribution is -2.48. The molecule has 1 heterocycles. The normalized spacial score (nSPS) is 20.9. The Balaban J connectivity index is 1.77. The summed E-state index contributed by atoms with van der Waals surface area (Å²) in [6.45, 7) is 8.22. The standard InChI is InChI=1S/C18H33N3O2/c1-13(2)20(5)18(23)16-8-10-21(11-9-16)17(22)12-19(4)14(3)15-6-7-15/h13-16H,6-12H2,1-5H3. The van der Waals surface area contributed by atoms with Crippen molar-refractivity contribution < 1.29 is 9.59 Å². The van der Waals surface area contributed by atoms with Crippen LogP contribution in [0.2, 0.25) is 0 Å². The van der Waals surface area contributed by atoms with Crippen LogP contribution in [0.25, 0.3) is 0 Å². The summed E-state index contributed by atoms with van der Waals surface area (Å²) >= 11 is 0. The fourth-order valence-electron chi connectivity index (χ4n) is 3.31. The van der Waals surface area contributed by atoms with Gasteiger partial charge in [0.1, 0.15) is 0 Å². The van der Waals surface area contributed by atoms with Gasteiger partial charge in [0.05, 0.1) is 6.54 Å². The SMILES string of the molecule is CC(C1CC1)N(C)CC(=O)N1CCC(C(=O)N(C)C(C)C)CC1. The monoisotopic (exact) mass is 323 g/mol. The first kappa shape index (κ1) is 18.2. The molecule has 2 fully saturated rings. The van der Waals surface area contributed by atoms with Gasteiger partial charge in [-0.05, 0) is 59.4 Å². The van der Waals surface area contributed by atoms with Crippen LogP contribution in [0, 0.1) is 11.8 Å². The second-order valence-electron chi connectivity index (χ2n) is 7.69. The van der Waals surface area contributed by atoms with E-state index in [1.807, 2.05) is 30.7 Å². The minimum Gasteiger partial charge on any atom is -0.343 e. The highest BCUT2D eigenvalue weighted by Gasteiger charge is 2.33. The van der Waals surface area contributed by atoms with Gasteiger partial charge in [0.2, 0.25) is 11.8 Å². The number of piperidine rings is 1. The first-order chi connectivity index (χ1) is 10.8. The number of carbonyl (C=O) groups excluding carboxylic acids is 2. The highest BCUT2D eigenvalue weighted by Crippen LogP contribution is 2.34. The smallest absolute Gasteiger partial charge is 0.236 e. The van der Waals surface area contributed by atoms with E-state index >= 15 is 0 Å². The van der Waals surface area contributed by atoms with E-state index in [2.05, 4.69) is 18.9 Å². The number of likely N-dealkylation sites (tertiary alicyclic amines) is 1. The number of amides is 2. The van der Waals surface area contributed by atoms with Gasteiger partial charge in [0, 0.05) is 38.1 Å². The van der Waals surface area contributed by atoms with Crippen molar-refractivity contribution in [1.29, 1.82) is 0 Å². The zero-order chi connectivity index (χ0) is 17.1. The Morgan fingerprint density at radius 2 is 1.61 bits per heavy atom. The molecule has 5 nitrogen and oxygen atoms in total. The molecule has 2 aliphatic rings. The van der Waals surface area contributed by atoms with Gasteiger partial charge in [-0.15, -0.1) is 0 Å². The number of hydrogen-bond acceptors (Lipinski definition) is 3. The summed E-state index contributed by atoms with van der Waals surface area (Å²) in [6, 6.07) is 0.734. The summed E-state index contributed by atoms with van der Waals surface area (Å²) in [5, 5.41) is 0. The minimum atomic E-state index is 0.0783. The van der Waals surface area contributed by atoms with Gasteiger partial charge in [-0.1, -0.05) is 0 Å². The predicted octanol–water partition coefficient (Wildman–Crippen LogP) is 1.82. The van der Waals surface area contributed by atoms with Crippen LogP contribution in [-0.4, -0.2) is 72.3 Å². The molecule has 23 heavy (non-hydrogen) atoms. The fraction of sp³-hybridized carbons (Fsp3) is 0.889. The molecule has 1 aliphatic carbocycles. The van der Waals surface area contributed by atoms with Gasteiger partial charge in [0.15, 0.2) is 0 Å². The highest BCUT2D eigenvalue weighted by molar-refractivity contribution is 5.81. The summed E-state index contributed by atoms with van der Waals surface area (Å²) in [6.07, 6.45) is 4.19. The van der Waals surface area contributed by atoms with Crippen LogP contribution in [0.3, 0.4) is 0 Å². The maximum absolute atomic E-state index is 12.5. The second-order valence-corrected chi connectivity index (χ2v) is 7.69. The molecular formula is C18H33N3O2. The first-order valence-corrected chi connectivity index (χ1v) is 9.06. The molecule has 2 rings (SSSR count). The van der Waals surface area contributed by atoms with Gasteiger partial charge in [0.25, 0.3) is 0 Å². The van der Waals surface area contributed by atoms with Crippen LogP contribution in [0.15, 0.2) is 0 Å². The lowest BCUT2D eigenvalue weighted by molar-refractivity contribution is -0.141. The van der Waals surface area contributed by atoms with Gasteiger partial charge in [-0.2, -0.15) is 0 Å². The number of nitrogens with zero attached hydrogens (tertiary/aromatic N) is 3. The molecule has 5 heteroatoms. The predicted molar refractivity (Wildman–Crippen MR) is 92.0 cm³/mol. The third-order valence-corrected chi connectivity index (χ3v) is 5.70. The maximum Gasteiger partial charge on any atom is 0.236 e. The molecule has 0 aromatic heterocycles.